The molecule has 1 unspecified atom stereocenters. The fourth-order valence-corrected chi connectivity index (χ4v) is 2.96. The van der Waals surface area contributed by atoms with Crippen molar-refractivity contribution in [1.29, 1.82) is 0 Å². The van der Waals surface area contributed by atoms with E-state index in [-0.39, 0.29) is 18.2 Å². The summed E-state index contributed by atoms with van der Waals surface area (Å²) in [6.45, 7) is 4.17. The van der Waals surface area contributed by atoms with Crippen molar-refractivity contribution in [2.75, 3.05) is 17.2 Å². The lowest BCUT2D eigenvalue weighted by molar-refractivity contribution is -0.136. The summed E-state index contributed by atoms with van der Waals surface area (Å²) in [6.07, 6.45) is 0. The lowest BCUT2D eigenvalue weighted by atomic mass is 10.1. The summed E-state index contributed by atoms with van der Waals surface area (Å²) in [6, 6.07) is 5.82. The van der Waals surface area contributed by atoms with Gasteiger partial charge >= 0.3 is 5.97 Å². The van der Waals surface area contributed by atoms with E-state index in [4.69, 9.17) is 5.11 Å². The summed E-state index contributed by atoms with van der Waals surface area (Å²) in [5.41, 5.74) is 2.95. The number of carbonyl (C=O) groups excluding carboxylic acids is 1. The van der Waals surface area contributed by atoms with E-state index in [0.29, 0.717) is 0 Å². The van der Waals surface area contributed by atoms with Crippen molar-refractivity contribution in [2.45, 2.75) is 19.1 Å². The molecule has 4 nitrogen and oxygen atoms in total. The zero-order chi connectivity index (χ0) is 13.3. The zero-order valence-electron chi connectivity index (χ0n) is 10.3. The molecule has 1 aliphatic heterocycles. The van der Waals surface area contributed by atoms with Crippen molar-refractivity contribution in [2.24, 2.45) is 0 Å². The summed E-state index contributed by atoms with van der Waals surface area (Å²) in [7, 11) is 0. The highest BCUT2D eigenvalue weighted by Gasteiger charge is 2.31. The minimum Gasteiger partial charge on any atom is -0.480 e. The lowest BCUT2D eigenvalue weighted by Gasteiger charge is -2.31. The van der Waals surface area contributed by atoms with Crippen LogP contribution in [0, 0.1) is 13.8 Å². The van der Waals surface area contributed by atoms with Crippen LogP contribution in [0.25, 0.3) is 0 Å². The summed E-state index contributed by atoms with van der Waals surface area (Å²) in [5.74, 6) is -0.656. The fourth-order valence-electron chi connectivity index (χ4n) is 2.06. The second kappa shape index (κ2) is 5.02. The van der Waals surface area contributed by atoms with Crippen molar-refractivity contribution in [3.63, 3.8) is 0 Å². The Hall–Kier alpha value is -1.49. The van der Waals surface area contributed by atoms with E-state index in [1.807, 2.05) is 32.0 Å². The number of aryl methyl sites for hydroxylation is 2. The molecule has 0 aromatic heterocycles. The number of anilines is 1. The van der Waals surface area contributed by atoms with Crippen LogP contribution in [-0.2, 0) is 9.59 Å². The van der Waals surface area contributed by atoms with Gasteiger partial charge in [-0.25, -0.2) is 0 Å². The summed E-state index contributed by atoms with van der Waals surface area (Å²) >= 11 is 1.20. The van der Waals surface area contributed by atoms with Gasteiger partial charge < -0.3 is 10.0 Å². The zero-order valence-corrected chi connectivity index (χ0v) is 11.2. The highest BCUT2D eigenvalue weighted by Crippen LogP contribution is 2.28. The molecule has 0 bridgehead atoms. The largest absolute Gasteiger partial charge is 0.480 e. The molecule has 1 aliphatic rings. The van der Waals surface area contributed by atoms with Crippen molar-refractivity contribution >= 4 is 29.3 Å². The Bertz CT molecular complexity index is 501. The van der Waals surface area contributed by atoms with Gasteiger partial charge in [0.05, 0.1) is 5.75 Å². The van der Waals surface area contributed by atoms with Crippen LogP contribution < -0.4 is 4.90 Å². The second-order valence-corrected chi connectivity index (χ2v) is 5.62. The molecule has 1 aromatic carbocycles. The van der Waals surface area contributed by atoms with E-state index in [9.17, 15) is 9.59 Å². The average molecular weight is 265 g/mol. The van der Waals surface area contributed by atoms with E-state index in [1.165, 1.54) is 11.8 Å². The SMILES string of the molecule is Cc1ccc(N2CC(C(=O)O)SCC2=O)c(C)c1. The Morgan fingerprint density at radius 2 is 2.17 bits per heavy atom. The number of rotatable bonds is 2. The molecule has 2 rings (SSSR count). The van der Waals surface area contributed by atoms with Gasteiger partial charge in [0.1, 0.15) is 5.25 Å². The summed E-state index contributed by atoms with van der Waals surface area (Å²) < 4.78 is 0. The molecular formula is C13H15NO3S. The van der Waals surface area contributed by atoms with Gasteiger partial charge in [0, 0.05) is 12.2 Å². The number of carboxylic acids is 1. The van der Waals surface area contributed by atoms with Gasteiger partial charge in [0.25, 0.3) is 0 Å². The molecule has 96 valence electrons. The first kappa shape index (κ1) is 13.0. The predicted octanol–water partition coefficient (Wildman–Crippen LogP) is 1.84. The monoisotopic (exact) mass is 265 g/mol. The third-order valence-corrected chi connectivity index (χ3v) is 4.14. The molecule has 1 N–H and O–H groups in total. The molecule has 1 amide bonds. The van der Waals surface area contributed by atoms with Crippen molar-refractivity contribution in [1.82, 2.24) is 0 Å². The van der Waals surface area contributed by atoms with Crippen LogP contribution >= 0.6 is 11.8 Å². The number of benzene rings is 1. The molecular weight excluding hydrogens is 250 g/mol. The number of hydrogen-bond donors (Lipinski definition) is 1. The standard InChI is InChI=1S/C13H15NO3S/c1-8-3-4-10(9(2)5-8)14-6-11(13(16)17)18-7-12(14)15/h3-5,11H,6-7H2,1-2H3,(H,16,17). The smallest absolute Gasteiger partial charge is 0.318 e. The normalized spacial score (nSPS) is 20.0. The van der Waals surface area contributed by atoms with Crippen LogP contribution in [0.4, 0.5) is 5.69 Å². The number of aliphatic carboxylic acids is 1. The number of hydrogen-bond acceptors (Lipinski definition) is 3. The molecule has 5 heteroatoms. The van der Waals surface area contributed by atoms with Crippen molar-refractivity contribution in [3.05, 3.63) is 29.3 Å². The van der Waals surface area contributed by atoms with E-state index in [1.54, 1.807) is 4.90 Å². The number of carboxylic acid groups (broad SMARTS) is 1. The van der Waals surface area contributed by atoms with Crippen LogP contribution in [-0.4, -0.2) is 34.5 Å². The fraction of sp³-hybridized carbons (Fsp3) is 0.385. The second-order valence-electron chi connectivity index (χ2n) is 4.43. The third kappa shape index (κ3) is 2.51. The Balaban J connectivity index is 2.29. The quantitative estimate of drug-likeness (QED) is 0.886. The first-order valence-corrected chi connectivity index (χ1v) is 6.76. The maximum Gasteiger partial charge on any atom is 0.318 e. The molecule has 1 atom stereocenters. The topological polar surface area (TPSA) is 57.6 Å². The van der Waals surface area contributed by atoms with Gasteiger partial charge in [0.2, 0.25) is 5.91 Å². The molecule has 1 saturated heterocycles. The summed E-state index contributed by atoms with van der Waals surface area (Å²) in [5, 5.41) is 8.51. The molecule has 18 heavy (non-hydrogen) atoms. The van der Waals surface area contributed by atoms with Gasteiger partial charge in [-0.2, -0.15) is 0 Å². The minimum absolute atomic E-state index is 0.0237. The Morgan fingerprint density at radius 1 is 1.44 bits per heavy atom. The first-order valence-electron chi connectivity index (χ1n) is 5.71. The molecule has 0 saturated carbocycles. The molecule has 0 spiro atoms. The number of carbonyl (C=O) groups is 2. The van der Waals surface area contributed by atoms with Crippen LogP contribution in [0.5, 0.6) is 0 Å². The van der Waals surface area contributed by atoms with E-state index in [0.717, 1.165) is 16.8 Å². The van der Waals surface area contributed by atoms with Crippen molar-refractivity contribution in [3.8, 4) is 0 Å². The van der Waals surface area contributed by atoms with Gasteiger partial charge in [-0.05, 0) is 25.5 Å². The van der Waals surface area contributed by atoms with Crippen LogP contribution in [0.2, 0.25) is 0 Å². The van der Waals surface area contributed by atoms with Crippen LogP contribution in [0.15, 0.2) is 18.2 Å². The highest BCUT2D eigenvalue weighted by atomic mass is 32.2. The van der Waals surface area contributed by atoms with Gasteiger partial charge in [-0.3, -0.25) is 9.59 Å². The Morgan fingerprint density at radius 3 is 2.78 bits per heavy atom. The number of nitrogens with zero attached hydrogens (tertiary/aromatic N) is 1. The van der Waals surface area contributed by atoms with Gasteiger partial charge in [-0.1, -0.05) is 17.7 Å². The Kier molecular flexibility index (Phi) is 3.61. The molecule has 0 aliphatic carbocycles. The van der Waals surface area contributed by atoms with Crippen LogP contribution in [0.1, 0.15) is 11.1 Å². The molecule has 0 radical (unpaired) electrons. The highest BCUT2D eigenvalue weighted by molar-refractivity contribution is 8.01. The Labute approximate surface area is 110 Å². The maximum absolute atomic E-state index is 11.9. The lowest BCUT2D eigenvalue weighted by Crippen LogP contribution is -2.45. The third-order valence-electron chi connectivity index (χ3n) is 2.98. The van der Waals surface area contributed by atoms with Crippen molar-refractivity contribution < 1.29 is 14.7 Å². The number of thioether (sulfide) groups is 1. The predicted molar refractivity (Wildman–Crippen MR) is 72.2 cm³/mol. The van der Waals surface area contributed by atoms with Crippen LogP contribution in [0.3, 0.4) is 0 Å². The van der Waals surface area contributed by atoms with Gasteiger partial charge in [0.15, 0.2) is 0 Å². The van der Waals surface area contributed by atoms with Gasteiger partial charge in [-0.15, -0.1) is 11.8 Å². The maximum atomic E-state index is 11.9. The minimum atomic E-state index is -0.859. The first-order chi connectivity index (χ1) is 8.49. The molecule has 1 aromatic rings. The van der Waals surface area contributed by atoms with E-state index in [2.05, 4.69) is 0 Å². The summed E-state index contributed by atoms with van der Waals surface area (Å²) in [4.78, 5) is 24.5. The van der Waals surface area contributed by atoms with E-state index >= 15 is 0 Å². The molecule has 1 heterocycles. The average Bonchev–Trinajstić information content (AvgIpc) is 2.30. The van der Waals surface area contributed by atoms with E-state index < -0.39 is 11.2 Å². The molecule has 1 fully saturated rings. The number of amides is 1.